The van der Waals surface area contributed by atoms with Gasteiger partial charge >= 0.3 is 0 Å². The van der Waals surface area contributed by atoms with Gasteiger partial charge in [0.15, 0.2) is 0 Å². The molecule has 5 N–H and O–H groups in total. The molecule has 0 radical (unpaired) electrons. The summed E-state index contributed by atoms with van der Waals surface area (Å²) in [6.07, 6.45) is -6.82. The summed E-state index contributed by atoms with van der Waals surface area (Å²) in [4.78, 5) is 0. The fourth-order valence-corrected chi connectivity index (χ4v) is 6.22. The number of hydrogen-bond acceptors (Lipinski definition) is 7. The fourth-order valence-electron chi connectivity index (χ4n) is 6.22. The second-order valence-corrected chi connectivity index (χ2v) is 10.6. The summed E-state index contributed by atoms with van der Waals surface area (Å²) < 4.78 is 11.6. The molecule has 0 spiro atoms. The van der Waals surface area contributed by atoms with Crippen molar-refractivity contribution in [1.82, 2.24) is 0 Å². The summed E-state index contributed by atoms with van der Waals surface area (Å²) in [6, 6.07) is 28.3. The van der Waals surface area contributed by atoms with E-state index in [-0.39, 0.29) is 5.75 Å². The van der Waals surface area contributed by atoms with Gasteiger partial charge in [0.25, 0.3) is 0 Å². The molecule has 1 fully saturated rings. The lowest BCUT2D eigenvalue weighted by Gasteiger charge is -2.40. The second-order valence-electron chi connectivity index (χ2n) is 10.6. The number of aryl methyl sites for hydroxylation is 2. The summed E-state index contributed by atoms with van der Waals surface area (Å²) in [5.41, 5.74) is 7.43. The van der Waals surface area contributed by atoms with Crippen molar-refractivity contribution in [2.24, 2.45) is 0 Å². The fraction of sp³-hybridized carbons (Fsp3) is 0.273. The highest BCUT2D eigenvalue weighted by atomic mass is 16.7. The molecule has 1 heterocycles. The molecule has 206 valence electrons. The Hall–Kier alpha value is -3.72. The third kappa shape index (κ3) is 3.93. The van der Waals surface area contributed by atoms with E-state index in [0.29, 0.717) is 5.75 Å². The maximum absolute atomic E-state index is 10.5. The third-order valence-electron chi connectivity index (χ3n) is 8.28. The van der Waals surface area contributed by atoms with Crippen molar-refractivity contribution in [3.63, 3.8) is 0 Å². The lowest BCUT2D eigenvalue weighted by molar-refractivity contribution is -0.277. The zero-order chi connectivity index (χ0) is 28.2. The van der Waals surface area contributed by atoms with E-state index < -0.39 is 42.7 Å². The quantitative estimate of drug-likeness (QED) is 0.231. The van der Waals surface area contributed by atoms with Gasteiger partial charge in [-0.2, -0.15) is 0 Å². The highest BCUT2D eigenvalue weighted by molar-refractivity contribution is 5.86. The molecule has 4 aromatic carbocycles. The van der Waals surface area contributed by atoms with Crippen LogP contribution in [0, 0.1) is 13.8 Å². The van der Waals surface area contributed by atoms with Gasteiger partial charge in [0.05, 0.1) is 12.0 Å². The van der Waals surface area contributed by atoms with E-state index in [9.17, 15) is 25.5 Å². The van der Waals surface area contributed by atoms with Gasteiger partial charge in [-0.15, -0.1) is 0 Å². The Bertz CT molecular complexity index is 1520. The number of fused-ring (bicyclic) bond motifs is 3. The Balaban J connectivity index is 1.49. The molecule has 40 heavy (non-hydrogen) atoms. The molecule has 2 aliphatic rings. The Labute approximate surface area is 232 Å². The topological polar surface area (TPSA) is 120 Å². The van der Waals surface area contributed by atoms with Crippen LogP contribution < -0.4 is 4.74 Å². The maximum Gasteiger partial charge on any atom is 0.229 e. The number of phenols is 1. The smallest absolute Gasteiger partial charge is 0.229 e. The van der Waals surface area contributed by atoms with Crippen molar-refractivity contribution in [2.75, 3.05) is 6.61 Å². The van der Waals surface area contributed by atoms with Crippen LogP contribution in [0.3, 0.4) is 0 Å². The SMILES string of the molecule is Cc1cc(C2(c3ccc(OC4O[C@H](CO)[C@@H](O)[C@H](O)[C@H]4O)c(C)c3)c3ccccc3-c3ccccc32)ccc1O. The molecule has 1 aliphatic heterocycles. The van der Waals surface area contributed by atoms with Gasteiger partial charge in [-0.25, -0.2) is 0 Å². The number of ether oxygens (including phenoxy) is 2. The first-order chi connectivity index (χ1) is 19.3. The van der Waals surface area contributed by atoms with E-state index in [0.717, 1.165) is 44.5 Å². The van der Waals surface area contributed by atoms with Crippen molar-refractivity contribution >= 4 is 0 Å². The van der Waals surface area contributed by atoms with Crippen molar-refractivity contribution < 1.29 is 35.0 Å². The van der Waals surface area contributed by atoms with Gasteiger partial charge < -0.3 is 35.0 Å². The molecule has 6 rings (SSSR count). The lowest BCUT2D eigenvalue weighted by atomic mass is 9.67. The molecule has 1 saturated heterocycles. The number of rotatable bonds is 5. The molecule has 5 atom stereocenters. The van der Waals surface area contributed by atoms with Crippen LogP contribution in [-0.2, 0) is 10.2 Å². The van der Waals surface area contributed by atoms with E-state index in [1.165, 1.54) is 0 Å². The van der Waals surface area contributed by atoms with Crippen molar-refractivity contribution in [3.05, 3.63) is 118 Å². The largest absolute Gasteiger partial charge is 0.508 e. The van der Waals surface area contributed by atoms with Crippen molar-refractivity contribution in [2.45, 2.75) is 50.0 Å². The van der Waals surface area contributed by atoms with Crippen molar-refractivity contribution in [3.8, 4) is 22.6 Å². The van der Waals surface area contributed by atoms with Crippen LogP contribution in [0.5, 0.6) is 11.5 Å². The number of hydrogen-bond donors (Lipinski definition) is 5. The summed E-state index contributed by atoms with van der Waals surface area (Å²) in [5, 5.41) is 50.7. The minimum Gasteiger partial charge on any atom is -0.508 e. The average Bonchev–Trinajstić information content (AvgIpc) is 3.27. The Morgan fingerprint density at radius 1 is 0.725 bits per heavy atom. The van der Waals surface area contributed by atoms with Crippen LogP contribution in [-0.4, -0.2) is 62.8 Å². The first-order valence-electron chi connectivity index (χ1n) is 13.3. The first kappa shape index (κ1) is 26.5. The molecule has 0 bridgehead atoms. The minimum absolute atomic E-state index is 0.234. The molecule has 1 unspecified atom stereocenters. The van der Waals surface area contributed by atoms with Gasteiger partial charge in [-0.3, -0.25) is 0 Å². The van der Waals surface area contributed by atoms with Gasteiger partial charge in [0.2, 0.25) is 6.29 Å². The monoisotopic (exact) mass is 540 g/mol. The van der Waals surface area contributed by atoms with E-state index >= 15 is 0 Å². The van der Waals surface area contributed by atoms with Crippen LogP contribution in [0.25, 0.3) is 11.1 Å². The minimum atomic E-state index is -1.53. The Kier molecular flexibility index (Phi) is 6.65. The highest BCUT2D eigenvalue weighted by Crippen LogP contribution is 2.56. The molecule has 1 aliphatic carbocycles. The summed E-state index contributed by atoms with van der Waals surface area (Å²) in [5.74, 6) is 0.669. The molecule has 4 aromatic rings. The number of aromatic hydroxyl groups is 1. The van der Waals surface area contributed by atoms with E-state index in [1.54, 1.807) is 6.07 Å². The van der Waals surface area contributed by atoms with Crippen LogP contribution in [0.15, 0.2) is 84.9 Å². The summed E-state index contributed by atoms with van der Waals surface area (Å²) in [6.45, 7) is 3.25. The summed E-state index contributed by atoms with van der Waals surface area (Å²) in [7, 11) is 0. The zero-order valence-corrected chi connectivity index (χ0v) is 22.2. The maximum atomic E-state index is 10.5. The van der Waals surface area contributed by atoms with Gasteiger partial charge in [-0.1, -0.05) is 72.8 Å². The van der Waals surface area contributed by atoms with Gasteiger partial charge in [0, 0.05) is 0 Å². The predicted octanol–water partition coefficient (Wildman–Crippen LogP) is 3.55. The molecule has 0 aromatic heterocycles. The molecule has 7 nitrogen and oxygen atoms in total. The van der Waals surface area contributed by atoms with Crippen LogP contribution in [0.4, 0.5) is 0 Å². The number of aliphatic hydroxyl groups excluding tert-OH is 4. The van der Waals surface area contributed by atoms with Crippen LogP contribution in [0.2, 0.25) is 0 Å². The molecule has 0 amide bonds. The van der Waals surface area contributed by atoms with E-state index in [2.05, 4.69) is 24.3 Å². The van der Waals surface area contributed by atoms with Gasteiger partial charge in [-0.05, 0) is 70.5 Å². The van der Waals surface area contributed by atoms with Crippen molar-refractivity contribution in [1.29, 1.82) is 0 Å². The second kappa shape index (κ2) is 10.0. The normalized spacial score (nSPS) is 24.8. The van der Waals surface area contributed by atoms with Gasteiger partial charge in [0.1, 0.15) is 35.9 Å². The zero-order valence-electron chi connectivity index (χ0n) is 22.2. The Morgan fingerprint density at radius 3 is 1.88 bits per heavy atom. The molecule has 0 saturated carbocycles. The standard InChI is InChI=1S/C33H32O7/c1-18-15-20(11-13-26(18)35)33(24-9-5-3-7-22(24)23-8-4-6-10-25(23)33)21-12-14-27(19(2)16-21)39-32-31(38)30(37)29(36)28(17-34)40-32/h3-16,28-32,34-38H,17H2,1-2H3/t28-,29-,30+,31-,32?/m1/s1. The van der Waals surface area contributed by atoms with E-state index in [4.69, 9.17) is 9.47 Å². The third-order valence-corrected chi connectivity index (χ3v) is 8.28. The Morgan fingerprint density at radius 2 is 1.30 bits per heavy atom. The van der Waals surface area contributed by atoms with Crippen LogP contribution >= 0.6 is 0 Å². The number of aliphatic hydroxyl groups is 4. The van der Waals surface area contributed by atoms with E-state index in [1.807, 2.05) is 68.4 Å². The number of benzene rings is 4. The predicted molar refractivity (Wildman–Crippen MR) is 149 cm³/mol. The van der Waals surface area contributed by atoms with Crippen LogP contribution in [0.1, 0.15) is 33.4 Å². The lowest BCUT2D eigenvalue weighted by Crippen LogP contribution is -2.60. The molecular formula is C33H32O7. The average molecular weight is 541 g/mol. The first-order valence-corrected chi connectivity index (χ1v) is 13.3. The highest BCUT2D eigenvalue weighted by Gasteiger charge is 2.47. The summed E-state index contributed by atoms with van der Waals surface area (Å²) >= 11 is 0. The number of phenolic OH excluding ortho intramolecular Hbond substituents is 1. The molecular weight excluding hydrogens is 508 g/mol. The molecule has 7 heteroatoms.